The van der Waals surface area contributed by atoms with Gasteiger partial charge in [-0.3, -0.25) is 4.79 Å². The second-order valence-electron chi connectivity index (χ2n) is 3.38. The maximum absolute atomic E-state index is 11.3. The van der Waals surface area contributed by atoms with E-state index >= 15 is 0 Å². The van der Waals surface area contributed by atoms with Crippen molar-refractivity contribution in [3.8, 4) is 6.07 Å². The van der Waals surface area contributed by atoms with E-state index in [9.17, 15) is 4.79 Å². The van der Waals surface area contributed by atoms with Crippen LogP contribution in [0.4, 0.5) is 0 Å². The van der Waals surface area contributed by atoms with Crippen molar-refractivity contribution in [2.75, 3.05) is 0 Å². The fourth-order valence-electron chi connectivity index (χ4n) is 1.04. The fourth-order valence-corrected chi connectivity index (χ4v) is 2.68. The van der Waals surface area contributed by atoms with E-state index in [-0.39, 0.29) is 5.78 Å². The molecule has 1 atom stereocenters. The first kappa shape index (κ1) is 11.4. The highest BCUT2D eigenvalue weighted by atomic mass is 79.9. The number of Topliss-reactive ketones (excluding diaryl/α,β-unsaturated/α-hetero) is 1. The first-order chi connectivity index (χ1) is 6.48. The number of rotatable bonds is 3. The summed E-state index contributed by atoms with van der Waals surface area (Å²) in [6.45, 7) is 3.15. The molecule has 0 radical (unpaired) electrons. The molecule has 0 aromatic carbocycles. The van der Waals surface area contributed by atoms with Gasteiger partial charge in [-0.25, -0.2) is 0 Å². The molecule has 1 aromatic heterocycles. The minimum Gasteiger partial charge on any atom is -0.298 e. The van der Waals surface area contributed by atoms with E-state index in [1.165, 1.54) is 6.92 Å². The van der Waals surface area contributed by atoms with Crippen LogP contribution in [0.15, 0.2) is 15.9 Å². The second kappa shape index (κ2) is 4.24. The Morgan fingerprint density at radius 3 is 2.71 bits per heavy atom. The van der Waals surface area contributed by atoms with Crippen molar-refractivity contribution in [3.05, 3.63) is 20.8 Å². The molecule has 1 unspecified atom stereocenters. The standard InChI is InChI=1S/C10H10BrNOS/c1-7(13)10(2,6-12)5-8-3-4-9(11)14-8/h3-4H,5H2,1-2H3. The maximum Gasteiger partial charge on any atom is 0.150 e. The van der Waals surface area contributed by atoms with Crippen LogP contribution in [0, 0.1) is 16.7 Å². The molecule has 0 saturated carbocycles. The highest BCUT2D eigenvalue weighted by Gasteiger charge is 2.30. The van der Waals surface area contributed by atoms with E-state index in [0.29, 0.717) is 6.42 Å². The van der Waals surface area contributed by atoms with E-state index in [1.807, 2.05) is 12.1 Å². The molecule has 1 heterocycles. The summed E-state index contributed by atoms with van der Waals surface area (Å²) in [5.74, 6) is -0.0791. The molecule has 2 nitrogen and oxygen atoms in total. The van der Waals surface area contributed by atoms with Crippen molar-refractivity contribution in [2.45, 2.75) is 20.3 Å². The Hall–Kier alpha value is -0.660. The minimum atomic E-state index is -0.885. The Bertz CT molecular complexity index is 393. The first-order valence-corrected chi connectivity index (χ1v) is 5.75. The van der Waals surface area contributed by atoms with Crippen LogP contribution in [0.25, 0.3) is 0 Å². The highest BCUT2D eigenvalue weighted by molar-refractivity contribution is 9.11. The summed E-state index contributed by atoms with van der Waals surface area (Å²) in [6, 6.07) is 5.94. The normalized spacial score (nSPS) is 14.4. The molecule has 0 aliphatic rings. The fraction of sp³-hybridized carbons (Fsp3) is 0.400. The van der Waals surface area contributed by atoms with Gasteiger partial charge in [-0.15, -0.1) is 11.3 Å². The summed E-state index contributed by atoms with van der Waals surface area (Å²) >= 11 is 4.91. The van der Waals surface area contributed by atoms with Gasteiger partial charge >= 0.3 is 0 Å². The Morgan fingerprint density at radius 1 is 1.71 bits per heavy atom. The number of halogens is 1. The molecule has 0 fully saturated rings. The summed E-state index contributed by atoms with van der Waals surface area (Å²) < 4.78 is 1.02. The molecule has 1 rings (SSSR count). The summed E-state index contributed by atoms with van der Waals surface area (Å²) in [5.41, 5.74) is -0.885. The highest BCUT2D eigenvalue weighted by Crippen LogP contribution is 2.29. The maximum atomic E-state index is 11.3. The molecule has 0 aliphatic heterocycles. The quantitative estimate of drug-likeness (QED) is 0.848. The van der Waals surface area contributed by atoms with Gasteiger partial charge in [-0.1, -0.05) is 0 Å². The Labute approximate surface area is 95.7 Å². The number of nitrogens with zero attached hydrogens (tertiary/aromatic N) is 1. The number of carbonyl (C=O) groups is 1. The Morgan fingerprint density at radius 2 is 2.36 bits per heavy atom. The number of thiophene rings is 1. The minimum absolute atomic E-state index is 0.0791. The van der Waals surface area contributed by atoms with Gasteiger partial charge in [0.15, 0.2) is 0 Å². The Kier molecular flexibility index (Phi) is 3.46. The zero-order valence-electron chi connectivity index (χ0n) is 8.00. The third-order valence-corrected chi connectivity index (χ3v) is 3.80. The van der Waals surface area contributed by atoms with E-state index in [1.54, 1.807) is 18.3 Å². The van der Waals surface area contributed by atoms with E-state index in [4.69, 9.17) is 5.26 Å². The van der Waals surface area contributed by atoms with Crippen molar-refractivity contribution < 1.29 is 4.79 Å². The zero-order valence-corrected chi connectivity index (χ0v) is 10.4. The van der Waals surface area contributed by atoms with Crippen LogP contribution >= 0.6 is 27.3 Å². The third-order valence-electron chi connectivity index (χ3n) is 2.18. The molecule has 74 valence electrons. The summed E-state index contributed by atoms with van der Waals surface area (Å²) in [7, 11) is 0. The summed E-state index contributed by atoms with van der Waals surface area (Å²) in [5, 5.41) is 8.95. The summed E-state index contributed by atoms with van der Waals surface area (Å²) in [6.07, 6.45) is 0.495. The number of ketones is 1. The SMILES string of the molecule is CC(=O)C(C)(C#N)Cc1ccc(Br)s1. The van der Waals surface area contributed by atoms with Gasteiger partial charge < -0.3 is 0 Å². The van der Waals surface area contributed by atoms with Gasteiger partial charge in [0.1, 0.15) is 11.2 Å². The van der Waals surface area contributed by atoms with Crippen LogP contribution in [0.2, 0.25) is 0 Å². The van der Waals surface area contributed by atoms with Gasteiger partial charge in [0, 0.05) is 11.3 Å². The molecule has 4 heteroatoms. The van der Waals surface area contributed by atoms with Crippen molar-refractivity contribution in [2.24, 2.45) is 5.41 Å². The van der Waals surface area contributed by atoms with Crippen LogP contribution in [-0.2, 0) is 11.2 Å². The van der Waals surface area contributed by atoms with Gasteiger partial charge in [0.05, 0.1) is 9.86 Å². The molecule has 1 aromatic rings. The molecule has 0 N–H and O–H groups in total. The van der Waals surface area contributed by atoms with Crippen LogP contribution in [0.5, 0.6) is 0 Å². The van der Waals surface area contributed by atoms with Crippen LogP contribution < -0.4 is 0 Å². The van der Waals surface area contributed by atoms with Crippen molar-refractivity contribution in [1.82, 2.24) is 0 Å². The van der Waals surface area contributed by atoms with E-state index in [0.717, 1.165) is 8.66 Å². The lowest BCUT2D eigenvalue weighted by Gasteiger charge is -2.16. The largest absolute Gasteiger partial charge is 0.298 e. The first-order valence-electron chi connectivity index (χ1n) is 4.14. The lowest BCUT2D eigenvalue weighted by atomic mass is 9.84. The van der Waals surface area contributed by atoms with Gasteiger partial charge in [-0.05, 0) is 41.9 Å². The second-order valence-corrected chi connectivity index (χ2v) is 5.93. The smallest absolute Gasteiger partial charge is 0.150 e. The van der Waals surface area contributed by atoms with Crippen molar-refractivity contribution >= 4 is 33.0 Å². The molecular weight excluding hydrogens is 262 g/mol. The molecule has 0 saturated heterocycles. The lowest BCUT2D eigenvalue weighted by Crippen LogP contribution is -2.25. The summed E-state index contributed by atoms with van der Waals surface area (Å²) in [4.78, 5) is 12.3. The Balaban J connectivity index is 2.87. The number of nitriles is 1. The van der Waals surface area contributed by atoms with E-state index < -0.39 is 5.41 Å². The molecule has 0 spiro atoms. The number of hydrogen-bond acceptors (Lipinski definition) is 3. The monoisotopic (exact) mass is 271 g/mol. The molecule has 0 bridgehead atoms. The van der Waals surface area contributed by atoms with Gasteiger partial charge in [-0.2, -0.15) is 5.26 Å². The molecule has 0 aliphatic carbocycles. The average molecular weight is 272 g/mol. The lowest BCUT2D eigenvalue weighted by molar-refractivity contribution is -0.123. The number of carbonyl (C=O) groups excluding carboxylic acids is 1. The average Bonchev–Trinajstić information content (AvgIpc) is 2.50. The van der Waals surface area contributed by atoms with Crippen molar-refractivity contribution in [1.29, 1.82) is 5.26 Å². The van der Waals surface area contributed by atoms with Crippen LogP contribution in [0.3, 0.4) is 0 Å². The third kappa shape index (κ3) is 2.43. The van der Waals surface area contributed by atoms with Gasteiger partial charge in [0.25, 0.3) is 0 Å². The predicted octanol–water partition coefficient (Wildman–Crippen LogP) is 3.17. The predicted molar refractivity (Wildman–Crippen MR) is 60.1 cm³/mol. The number of hydrogen-bond donors (Lipinski definition) is 0. The molecular formula is C10H10BrNOS. The molecule has 0 amide bonds. The van der Waals surface area contributed by atoms with Crippen molar-refractivity contribution in [3.63, 3.8) is 0 Å². The van der Waals surface area contributed by atoms with E-state index in [2.05, 4.69) is 22.0 Å². The topological polar surface area (TPSA) is 40.9 Å². The van der Waals surface area contributed by atoms with Crippen LogP contribution in [-0.4, -0.2) is 5.78 Å². The zero-order chi connectivity index (χ0) is 10.8. The van der Waals surface area contributed by atoms with Gasteiger partial charge in [0.2, 0.25) is 0 Å². The molecule has 14 heavy (non-hydrogen) atoms. The van der Waals surface area contributed by atoms with Crippen LogP contribution in [0.1, 0.15) is 18.7 Å².